The van der Waals surface area contributed by atoms with Crippen molar-refractivity contribution in [2.24, 2.45) is 0 Å². The average molecular weight is 323 g/mol. The Labute approximate surface area is 141 Å². The molecule has 3 rings (SSSR count). The van der Waals surface area contributed by atoms with Crippen LogP contribution in [-0.2, 0) is 0 Å². The second-order valence-electron chi connectivity index (χ2n) is 6.03. The van der Waals surface area contributed by atoms with Gasteiger partial charge in [-0.3, -0.25) is 0 Å². The molecule has 2 aromatic rings. The van der Waals surface area contributed by atoms with Crippen LogP contribution in [-0.4, -0.2) is 34.3 Å². The van der Waals surface area contributed by atoms with E-state index in [2.05, 4.69) is 33.2 Å². The van der Waals surface area contributed by atoms with Gasteiger partial charge in [0.25, 0.3) is 0 Å². The van der Waals surface area contributed by atoms with Gasteiger partial charge >= 0.3 is 0 Å². The topological polar surface area (TPSA) is 85.1 Å². The largest absolute Gasteiger partial charge is 0.394 e. The molecule has 0 saturated carbocycles. The van der Waals surface area contributed by atoms with E-state index in [4.69, 9.17) is 5.26 Å². The molecule has 6 nitrogen and oxygen atoms in total. The smallest absolute Gasteiger partial charge is 0.134 e. The van der Waals surface area contributed by atoms with Crippen LogP contribution in [0.3, 0.4) is 0 Å². The van der Waals surface area contributed by atoms with Gasteiger partial charge in [0, 0.05) is 18.7 Å². The maximum atomic E-state index is 9.48. The molecule has 1 aromatic heterocycles. The molecule has 1 aliphatic rings. The molecule has 1 fully saturated rings. The zero-order valence-corrected chi connectivity index (χ0v) is 13.7. The number of aliphatic hydroxyl groups is 1. The molecule has 24 heavy (non-hydrogen) atoms. The predicted molar refractivity (Wildman–Crippen MR) is 92.7 cm³/mol. The van der Waals surface area contributed by atoms with Crippen molar-refractivity contribution >= 4 is 11.6 Å². The number of rotatable bonds is 5. The maximum Gasteiger partial charge on any atom is 0.134 e. The van der Waals surface area contributed by atoms with Crippen LogP contribution in [0.5, 0.6) is 0 Å². The molecule has 1 aromatic carbocycles. The van der Waals surface area contributed by atoms with Crippen LogP contribution in [0.1, 0.15) is 36.9 Å². The molecule has 2 N–H and O–H groups in total. The zero-order valence-electron chi connectivity index (χ0n) is 13.7. The van der Waals surface area contributed by atoms with E-state index in [1.54, 1.807) is 6.33 Å². The minimum Gasteiger partial charge on any atom is -0.394 e. The number of benzene rings is 1. The van der Waals surface area contributed by atoms with E-state index in [0.29, 0.717) is 5.56 Å². The van der Waals surface area contributed by atoms with Gasteiger partial charge in [0.05, 0.1) is 24.3 Å². The number of nitrogens with one attached hydrogen (secondary N) is 1. The summed E-state index contributed by atoms with van der Waals surface area (Å²) >= 11 is 0. The predicted octanol–water partition coefficient (Wildman–Crippen LogP) is 2.48. The number of aliphatic hydroxyl groups excluding tert-OH is 1. The lowest BCUT2D eigenvalue weighted by Gasteiger charge is -2.24. The van der Waals surface area contributed by atoms with Gasteiger partial charge in [0.1, 0.15) is 18.0 Å². The molecule has 0 amide bonds. The monoisotopic (exact) mass is 323 g/mol. The van der Waals surface area contributed by atoms with Crippen LogP contribution < -0.4 is 10.2 Å². The summed E-state index contributed by atoms with van der Waals surface area (Å²) in [6.45, 7) is 3.11. The SMILES string of the molecule is C[C@@H](Nc1cc(N2CCC[C@@H]2CO)ncn1)c1ccc(C#N)cc1. The fraction of sp³-hybridized carbons (Fsp3) is 0.389. The highest BCUT2D eigenvalue weighted by Crippen LogP contribution is 2.26. The van der Waals surface area contributed by atoms with Crippen LogP contribution >= 0.6 is 0 Å². The molecule has 2 heterocycles. The van der Waals surface area contributed by atoms with E-state index in [0.717, 1.165) is 36.6 Å². The van der Waals surface area contributed by atoms with Crippen molar-refractivity contribution in [3.8, 4) is 6.07 Å². The standard InChI is InChI=1S/C18H21N5O/c1-13(15-6-4-14(10-19)5-7-15)22-17-9-18(21-12-20-17)23-8-2-3-16(23)11-24/h4-7,9,12-13,16,24H,2-3,8,11H2,1H3,(H,20,21,22)/t13-,16-/m1/s1. The third-order valence-electron chi connectivity index (χ3n) is 4.44. The average Bonchev–Trinajstić information content (AvgIpc) is 3.11. The first-order chi connectivity index (χ1) is 11.7. The van der Waals surface area contributed by atoms with Gasteiger partial charge in [-0.1, -0.05) is 12.1 Å². The summed E-state index contributed by atoms with van der Waals surface area (Å²) in [6.07, 6.45) is 3.61. The normalized spacial score (nSPS) is 18.2. The molecule has 0 unspecified atom stereocenters. The lowest BCUT2D eigenvalue weighted by atomic mass is 10.1. The summed E-state index contributed by atoms with van der Waals surface area (Å²) in [4.78, 5) is 10.8. The highest BCUT2D eigenvalue weighted by Gasteiger charge is 2.25. The van der Waals surface area contributed by atoms with Crippen LogP contribution in [0, 0.1) is 11.3 Å². The molecule has 2 atom stereocenters. The lowest BCUT2D eigenvalue weighted by molar-refractivity contribution is 0.266. The van der Waals surface area contributed by atoms with Gasteiger partial charge in [-0.15, -0.1) is 0 Å². The van der Waals surface area contributed by atoms with Gasteiger partial charge in [-0.05, 0) is 37.5 Å². The van der Waals surface area contributed by atoms with E-state index in [1.165, 1.54) is 0 Å². The minimum atomic E-state index is 0.0627. The number of anilines is 2. The van der Waals surface area contributed by atoms with Gasteiger partial charge in [-0.25, -0.2) is 9.97 Å². The van der Waals surface area contributed by atoms with E-state index in [1.807, 2.05) is 30.3 Å². The highest BCUT2D eigenvalue weighted by molar-refractivity contribution is 5.51. The summed E-state index contributed by atoms with van der Waals surface area (Å²) in [7, 11) is 0. The third kappa shape index (κ3) is 3.47. The first-order valence-electron chi connectivity index (χ1n) is 8.17. The molecule has 1 aliphatic heterocycles. The third-order valence-corrected chi connectivity index (χ3v) is 4.44. The molecular formula is C18H21N5O. The number of hydrogen-bond acceptors (Lipinski definition) is 6. The Morgan fingerprint density at radius 3 is 2.88 bits per heavy atom. The van der Waals surface area contributed by atoms with Crippen LogP contribution in [0.4, 0.5) is 11.6 Å². The Morgan fingerprint density at radius 1 is 1.38 bits per heavy atom. The van der Waals surface area contributed by atoms with E-state index < -0.39 is 0 Å². The first kappa shape index (κ1) is 16.2. The van der Waals surface area contributed by atoms with Crippen LogP contribution in [0.25, 0.3) is 0 Å². The fourth-order valence-electron chi connectivity index (χ4n) is 3.06. The summed E-state index contributed by atoms with van der Waals surface area (Å²) in [6, 6.07) is 11.8. The van der Waals surface area contributed by atoms with Crippen molar-refractivity contribution < 1.29 is 5.11 Å². The van der Waals surface area contributed by atoms with Gasteiger partial charge in [-0.2, -0.15) is 5.26 Å². The van der Waals surface area contributed by atoms with Gasteiger partial charge < -0.3 is 15.3 Å². The Balaban J connectivity index is 1.73. The van der Waals surface area contributed by atoms with E-state index in [-0.39, 0.29) is 18.7 Å². The molecule has 0 radical (unpaired) electrons. The molecular weight excluding hydrogens is 302 g/mol. The van der Waals surface area contributed by atoms with E-state index >= 15 is 0 Å². The Kier molecular flexibility index (Phi) is 4.92. The summed E-state index contributed by atoms with van der Waals surface area (Å²) in [5.74, 6) is 1.59. The molecule has 0 bridgehead atoms. The van der Waals surface area contributed by atoms with Gasteiger partial charge in [0.2, 0.25) is 0 Å². The Bertz CT molecular complexity index is 725. The molecule has 6 heteroatoms. The number of hydrogen-bond donors (Lipinski definition) is 2. The maximum absolute atomic E-state index is 9.48. The van der Waals surface area contributed by atoms with Crippen molar-refractivity contribution in [1.82, 2.24) is 9.97 Å². The molecule has 0 spiro atoms. The second kappa shape index (κ2) is 7.28. The van der Waals surface area contributed by atoms with Gasteiger partial charge in [0.15, 0.2) is 0 Å². The van der Waals surface area contributed by atoms with Crippen LogP contribution in [0.15, 0.2) is 36.7 Å². The minimum absolute atomic E-state index is 0.0627. The molecule has 124 valence electrons. The lowest BCUT2D eigenvalue weighted by Crippen LogP contribution is -2.32. The fourth-order valence-corrected chi connectivity index (χ4v) is 3.06. The number of nitrogens with zero attached hydrogens (tertiary/aromatic N) is 4. The summed E-state index contributed by atoms with van der Waals surface area (Å²) < 4.78 is 0. The Morgan fingerprint density at radius 2 is 2.17 bits per heavy atom. The first-order valence-corrected chi connectivity index (χ1v) is 8.17. The number of nitriles is 1. The van der Waals surface area contributed by atoms with Crippen molar-refractivity contribution in [2.45, 2.75) is 31.8 Å². The number of aromatic nitrogens is 2. The van der Waals surface area contributed by atoms with Crippen molar-refractivity contribution in [3.63, 3.8) is 0 Å². The quantitative estimate of drug-likeness (QED) is 0.879. The van der Waals surface area contributed by atoms with Crippen LogP contribution in [0.2, 0.25) is 0 Å². The van der Waals surface area contributed by atoms with Crippen molar-refractivity contribution in [2.75, 3.05) is 23.4 Å². The summed E-state index contributed by atoms with van der Waals surface area (Å²) in [5.41, 5.74) is 1.74. The Hall–Kier alpha value is -2.65. The molecule has 1 saturated heterocycles. The zero-order chi connectivity index (χ0) is 16.9. The van der Waals surface area contributed by atoms with Crippen molar-refractivity contribution in [3.05, 3.63) is 47.8 Å². The summed E-state index contributed by atoms with van der Waals surface area (Å²) in [5, 5.41) is 21.7. The van der Waals surface area contributed by atoms with E-state index in [9.17, 15) is 5.11 Å². The van der Waals surface area contributed by atoms with Crippen molar-refractivity contribution in [1.29, 1.82) is 5.26 Å². The molecule has 0 aliphatic carbocycles. The second-order valence-corrected chi connectivity index (χ2v) is 6.03. The highest BCUT2D eigenvalue weighted by atomic mass is 16.3.